The van der Waals surface area contributed by atoms with Crippen LogP contribution < -0.4 is 5.06 Å². The first-order valence-corrected chi connectivity index (χ1v) is 11.8. The van der Waals surface area contributed by atoms with Crippen molar-refractivity contribution >= 4 is 23.7 Å². The zero-order valence-corrected chi connectivity index (χ0v) is 20.0. The number of carboxylic acid groups (broad SMARTS) is 1. The van der Waals surface area contributed by atoms with Crippen LogP contribution in [-0.4, -0.2) is 47.2 Å². The van der Waals surface area contributed by atoms with Crippen molar-refractivity contribution in [1.82, 2.24) is 4.90 Å². The summed E-state index contributed by atoms with van der Waals surface area (Å²) in [7, 11) is 0. The van der Waals surface area contributed by atoms with E-state index >= 15 is 0 Å². The number of carbonyl (C=O) groups is 3. The highest BCUT2D eigenvalue weighted by atomic mass is 16.7. The van der Waals surface area contributed by atoms with E-state index in [1.807, 2.05) is 24.3 Å². The summed E-state index contributed by atoms with van der Waals surface area (Å²) in [4.78, 5) is 44.1. The lowest BCUT2D eigenvalue weighted by atomic mass is 10.0. The van der Waals surface area contributed by atoms with Crippen LogP contribution in [0.15, 0.2) is 78.9 Å². The quantitative estimate of drug-likeness (QED) is 0.313. The number of piperidine rings is 1. The van der Waals surface area contributed by atoms with Gasteiger partial charge in [0.1, 0.15) is 6.10 Å². The van der Waals surface area contributed by atoms with Crippen LogP contribution in [0.4, 0.5) is 10.5 Å². The number of rotatable bonds is 5. The molecule has 3 aromatic rings. The average Bonchev–Trinajstić information content (AvgIpc) is 2.88. The molecule has 1 N–H and O–H groups in total. The monoisotopic (exact) mass is 488 g/mol. The summed E-state index contributed by atoms with van der Waals surface area (Å²) in [5.41, 5.74) is 3.80. The minimum atomic E-state index is -1.54. The van der Waals surface area contributed by atoms with Crippen LogP contribution in [0.5, 0.6) is 0 Å². The topological polar surface area (TPSA) is 96.4 Å². The second-order valence-electron chi connectivity index (χ2n) is 8.71. The van der Waals surface area contributed by atoms with Gasteiger partial charge in [0.2, 0.25) is 0 Å². The highest BCUT2D eigenvalue weighted by Crippen LogP contribution is 2.31. The molecule has 1 aliphatic rings. The summed E-state index contributed by atoms with van der Waals surface area (Å²) in [5, 5.41) is 10.1. The lowest BCUT2D eigenvalue weighted by Crippen LogP contribution is -2.40. The van der Waals surface area contributed by atoms with Gasteiger partial charge in [-0.25, -0.2) is 14.4 Å². The van der Waals surface area contributed by atoms with Crippen molar-refractivity contribution in [2.24, 2.45) is 0 Å². The number of aryl methyl sites for hydroxylation is 1. The number of hydrogen-bond acceptors (Lipinski definition) is 6. The van der Waals surface area contributed by atoms with E-state index in [9.17, 15) is 19.5 Å². The Morgan fingerprint density at radius 1 is 0.917 bits per heavy atom. The molecule has 1 fully saturated rings. The summed E-state index contributed by atoms with van der Waals surface area (Å²) in [6, 6.07) is 24.0. The minimum absolute atomic E-state index is 0.113. The van der Waals surface area contributed by atoms with Crippen molar-refractivity contribution in [1.29, 1.82) is 0 Å². The van der Waals surface area contributed by atoms with Gasteiger partial charge in [-0.05, 0) is 37.0 Å². The van der Waals surface area contributed by atoms with E-state index in [0.717, 1.165) is 12.1 Å². The van der Waals surface area contributed by atoms with Gasteiger partial charge in [-0.15, -0.1) is 5.06 Å². The highest BCUT2D eigenvalue weighted by molar-refractivity contribution is 6.30. The second-order valence-corrected chi connectivity index (χ2v) is 8.71. The first-order chi connectivity index (χ1) is 17.4. The minimum Gasteiger partial charge on any atom is -0.463 e. The Morgan fingerprint density at radius 3 is 2.31 bits per heavy atom. The van der Waals surface area contributed by atoms with Gasteiger partial charge in [0.15, 0.2) is 0 Å². The summed E-state index contributed by atoms with van der Waals surface area (Å²) in [5.74, 6) is -2.60. The molecule has 0 aromatic heterocycles. The number of anilines is 1. The molecule has 186 valence electrons. The average molecular weight is 489 g/mol. The van der Waals surface area contributed by atoms with Crippen LogP contribution in [0.1, 0.15) is 24.0 Å². The van der Waals surface area contributed by atoms with E-state index in [2.05, 4.69) is 30.0 Å². The number of hydrogen-bond donors (Lipinski definition) is 1. The fourth-order valence-electron chi connectivity index (χ4n) is 4.28. The summed E-state index contributed by atoms with van der Waals surface area (Å²) >= 11 is 0. The third kappa shape index (κ3) is 6.28. The lowest BCUT2D eigenvalue weighted by Gasteiger charge is -2.31. The molecule has 1 aliphatic heterocycles. The predicted octanol–water partition coefficient (Wildman–Crippen LogP) is 4.81. The van der Waals surface area contributed by atoms with Gasteiger partial charge in [0.25, 0.3) is 0 Å². The van der Waals surface area contributed by atoms with Crippen LogP contribution >= 0.6 is 0 Å². The SMILES string of the molecule is Cc1cccc(CN2CCC(OC(=O)C(=O)ON(C(=O)O)c3ccccc3-c3ccccc3)CC2)c1. The fourth-order valence-corrected chi connectivity index (χ4v) is 4.28. The summed E-state index contributed by atoms with van der Waals surface area (Å²) in [6.07, 6.45) is -0.827. The maximum Gasteiger partial charge on any atom is 0.445 e. The lowest BCUT2D eigenvalue weighted by molar-refractivity contribution is -0.172. The van der Waals surface area contributed by atoms with Crippen LogP contribution in [0, 0.1) is 6.92 Å². The third-order valence-corrected chi connectivity index (χ3v) is 6.02. The normalized spacial score (nSPS) is 14.1. The number of likely N-dealkylation sites (tertiary alicyclic amines) is 1. The first kappa shape index (κ1) is 24.9. The van der Waals surface area contributed by atoms with Crippen LogP contribution in [0.2, 0.25) is 0 Å². The Labute approximate surface area is 209 Å². The van der Waals surface area contributed by atoms with Crippen molar-refractivity contribution in [3.05, 3.63) is 90.0 Å². The molecule has 1 saturated heterocycles. The zero-order valence-electron chi connectivity index (χ0n) is 20.0. The zero-order chi connectivity index (χ0) is 25.5. The van der Waals surface area contributed by atoms with Gasteiger partial charge >= 0.3 is 18.0 Å². The van der Waals surface area contributed by atoms with E-state index < -0.39 is 24.1 Å². The second kappa shape index (κ2) is 11.5. The number of nitrogens with zero attached hydrogens (tertiary/aromatic N) is 2. The van der Waals surface area contributed by atoms with Gasteiger partial charge < -0.3 is 14.7 Å². The number of benzene rings is 3. The molecular formula is C28H28N2O6. The maximum atomic E-state index is 12.5. The Hall–Kier alpha value is -4.17. The number of carbonyl (C=O) groups excluding carboxylic acids is 2. The summed E-state index contributed by atoms with van der Waals surface area (Å²) in [6.45, 7) is 4.29. The molecule has 3 aromatic carbocycles. The molecule has 0 aliphatic carbocycles. The molecule has 1 amide bonds. The standard InChI is InChI=1S/C28H28N2O6/c1-20-8-7-9-21(18-20)19-29-16-14-23(15-17-29)35-26(31)27(32)36-30(28(33)34)25-13-6-5-12-24(25)22-10-3-2-4-11-22/h2-13,18,23H,14-17,19H2,1H3,(H,33,34). The molecule has 0 saturated carbocycles. The van der Waals surface area contributed by atoms with Crippen molar-refractivity contribution in [2.45, 2.75) is 32.4 Å². The molecule has 36 heavy (non-hydrogen) atoms. The van der Waals surface area contributed by atoms with Crippen LogP contribution in [0.25, 0.3) is 11.1 Å². The van der Waals surface area contributed by atoms with Crippen molar-refractivity contribution < 1.29 is 29.1 Å². The Bertz CT molecular complexity index is 1220. The fraction of sp³-hybridized carbons (Fsp3) is 0.250. The molecule has 0 spiro atoms. The van der Waals surface area contributed by atoms with Gasteiger partial charge in [-0.1, -0.05) is 78.4 Å². The molecule has 8 heteroatoms. The first-order valence-electron chi connectivity index (χ1n) is 11.8. The molecule has 0 radical (unpaired) electrons. The van der Waals surface area contributed by atoms with Crippen molar-refractivity contribution in [2.75, 3.05) is 18.2 Å². The predicted molar refractivity (Wildman–Crippen MR) is 134 cm³/mol. The molecule has 1 heterocycles. The van der Waals surface area contributed by atoms with E-state index in [0.29, 0.717) is 36.6 Å². The Morgan fingerprint density at radius 2 is 1.61 bits per heavy atom. The van der Waals surface area contributed by atoms with Gasteiger partial charge in [0, 0.05) is 25.2 Å². The largest absolute Gasteiger partial charge is 0.463 e. The summed E-state index contributed by atoms with van der Waals surface area (Å²) < 4.78 is 5.34. The van der Waals surface area contributed by atoms with Crippen molar-refractivity contribution in [3.63, 3.8) is 0 Å². The van der Waals surface area contributed by atoms with E-state index in [1.54, 1.807) is 30.3 Å². The molecule has 8 nitrogen and oxygen atoms in total. The molecular weight excluding hydrogens is 460 g/mol. The smallest absolute Gasteiger partial charge is 0.445 e. The molecule has 0 bridgehead atoms. The third-order valence-electron chi connectivity index (χ3n) is 6.02. The van der Waals surface area contributed by atoms with Gasteiger partial charge in [-0.2, -0.15) is 0 Å². The molecule has 0 unspecified atom stereocenters. The van der Waals surface area contributed by atoms with Crippen LogP contribution in [0.3, 0.4) is 0 Å². The highest BCUT2D eigenvalue weighted by Gasteiger charge is 2.31. The van der Waals surface area contributed by atoms with E-state index in [1.165, 1.54) is 17.2 Å². The van der Waals surface area contributed by atoms with Crippen molar-refractivity contribution in [3.8, 4) is 11.1 Å². The number of para-hydroxylation sites is 1. The number of esters is 1. The van der Waals surface area contributed by atoms with Gasteiger partial charge in [-0.3, -0.25) is 4.90 Å². The Balaban J connectivity index is 1.35. The van der Waals surface area contributed by atoms with E-state index in [-0.39, 0.29) is 5.69 Å². The van der Waals surface area contributed by atoms with E-state index in [4.69, 9.17) is 9.57 Å². The van der Waals surface area contributed by atoms with Gasteiger partial charge in [0.05, 0.1) is 5.69 Å². The number of ether oxygens (including phenoxy) is 1. The Kier molecular flexibility index (Phi) is 7.97. The molecule has 0 atom stereocenters. The van der Waals surface area contributed by atoms with Crippen LogP contribution in [-0.2, 0) is 25.7 Å². The maximum absolute atomic E-state index is 12.5. The number of amides is 1. The number of hydroxylamine groups is 1. The molecule has 4 rings (SSSR count).